The molecule has 0 fully saturated rings. The van der Waals surface area contributed by atoms with Crippen LogP contribution in [0.25, 0.3) is 11.0 Å². The van der Waals surface area contributed by atoms with E-state index >= 15 is 0 Å². The topological polar surface area (TPSA) is 94.6 Å². The van der Waals surface area contributed by atoms with Gasteiger partial charge < -0.3 is 19.0 Å². The van der Waals surface area contributed by atoms with E-state index in [9.17, 15) is 9.59 Å². The molecule has 8 heteroatoms. The first kappa shape index (κ1) is 20.7. The highest BCUT2D eigenvalue weighted by Gasteiger charge is 2.22. The molecule has 4 rings (SSSR count). The summed E-state index contributed by atoms with van der Waals surface area (Å²) in [6, 6.07) is 19.1. The number of para-hydroxylation sites is 1. The van der Waals surface area contributed by atoms with Gasteiger partial charge in [0.05, 0.1) is 0 Å². The molecule has 2 aromatic carbocycles. The zero-order valence-corrected chi connectivity index (χ0v) is 17.6. The van der Waals surface area contributed by atoms with Crippen LogP contribution in [0.1, 0.15) is 27.4 Å². The van der Waals surface area contributed by atoms with Gasteiger partial charge in [0.2, 0.25) is 5.76 Å². The number of anilines is 1. The molecule has 1 N–H and O–H groups in total. The number of benzene rings is 2. The van der Waals surface area contributed by atoms with Crippen molar-refractivity contribution < 1.29 is 23.3 Å². The van der Waals surface area contributed by atoms with Crippen molar-refractivity contribution in [2.45, 2.75) is 18.4 Å². The first-order valence-electron chi connectivity index (χ1n) is 9.62. The summed E-state index contributed by atoms with van der Waals surface area (Å²) in [5.74, 6) is 1.12. The minimum absolute atomic E-state index is 0.117. The Hall–Kier alpha value is -3.52. The third kappa shape index (κ3) is 5.16. The molecule has 2 heterocycles. The van der Waals surface area contributed by atoms with E-state index in [1.54, 1.807) is 30.8 Å². The Bertz CT molecular complexity index is 1200. The Balaban J connectivity index is 1.43. The van der Waals surface area contributed by atoms with Gasteiger partial charge >= 0.3 is 5.97 Å². The lowest BCUT2D eigenvalue weighted by molar-refractivity contribution is -0.119. The molecule has 0 saturated heterocycles. The number of carbonyl (C=O) groups is 2. The maximum absolute atomic E-state index is 12.7. The van der Waals surface area contributed by atoms with Crippen LogP contribution in [-0.4, -0.2) is 23.6 Å². The van der Waals surface area contributed by atoms with Crippen molar-refractivity contribution in [2.24, 2.45) is 0 Å². The minimum atomic E-state index is -0.682. The van der Waals surface area contributed by atoms with Gasteiger partial charge in [-0.25, -0.2) is 4.79 Å². The fourth-order valence-electron chi connectivity index (χ4n) is 3.05. The van der Waals surface area contributed by atoms with Crippen molar-refractivity contribution in [1.29, 1.82) is 0 Å². The fraction of sp³-hybridized carbons (Fsp3) is 0.174. The highest BCUT2D eigenvalue weighted by molar-refractivity contribution is 7.97. The Morgan fingerprint density at radius 3 is 2.61 bits per heavy atom. The SMILES string of the molecule is Cc1cc(NC(=O)COC(=O)c2oc3ccccc3c2CSCc2ccccc2)no1. The molecule has 31 heavy (non-hydrogen) atoms. The zero-order chi connectivity index (χ0) is 21.6. The second-order valence-corrected chi connectivity index (χ2v) is 7.82. The van der Waals surface area contributed by atoms with Crippen LogP contribution in [0.15, 0.2) is 69.6 Å². The molecule has 0 atom stereocenters. The summed E-state index contributed by atoms with van der Waals surface area (Å²) in [6.07, 6.45) is 0. The molecule has 158 valence electrons. The molecule has 0 aliphatic heterocycles. The number of ether oxygens (including phenoxy) is 1. The van der Waals surface area contributed by atoms with Crippen LogP contribution in [0.5, 0.6) is 0 Å². The molecule has 1 amide bonds. The molecule has 0 aliphatic carbocycles. The van der Waals surface area contributed by atoms with Crippen molar-refractivity contribution in [1.82, 2.24) is 5.16 Å². The number of hydrogen-bond donors (Lipinski definition) is 1. The number of fused-ring (bicyclic) bond motifs is 1. The fourth-order valence-corrected chi connectivity index (χ4v) is 4.07. The largest absolute Gasteiger partial charge is 0.450 e. The third-order valence-corrected chi connectivity index (χ3v) is 5.50. The van der Waals surface area contributed by atoms with Crippen LogP contribution in [0.4, 0.5) is 5.82 Å². The predicted molar refractivity (Wildman–Crippen MR) is 118 cm³/mol. The first-order valence-corrected chi connectivity index (χ1v) is 10.8. The van der Waals surface area contributed by atoms with Gasteiger partial charge in [-0.3, -0.25) is 4.79 Å². The molecule has 2 aromatic heterocycles. The van der Waals surface area contributed by atoms with Crippen molar-refractivity contribution in [3.8, 4) is 0 Å². The molecular formula is C23H20N2O5S. The van der Waals surface area contributed by atoms with E-state index in [0.717, 1.165) is 16.7 Å². The van der Waals surface area contributed by atoms with E-state index in [4.69, 9.17) is 13.7 Å². The van der Waals surface area contributed by atoms with E-state index < -0.39 is 18.5 Å². The first-order chi connectivity index (χ1) is 15.1. The van der Waals surface area contributed by atoms with Crippen LogP contribution in [0.3, 0.4) is 0 Å². The van der Waals surface area contributed by atoms with Crippen molar-refractivity contribution in [2.75, 3.05) is 11.9 Å². The van der Waals surface area contributed by atoms with E-state index in [-0.39, 0.29) is 11.6 Å². The number of aryl methyl sites for hydroxylation is 1. The molecule has 7 nitrogen and oxygen atoms in total. The molecule has 0 aliphatic rings. The van der Waals surface area contributed by atoms with Crippen molar-refractivity contribution >= 4 is 40.4 Å². The lowest BCUT2D eigenvalue weighted by atomic mass is 10.1. The Morgan fingerprint density at radius 2 is 1.84 bits per heavy atom. The highest BCUT2D eigenvalue weighted by Crippen LogP contribution is 2.31. The van der Waals surface area contributed by atoms with Crippen LogP contribution in [-0.2, 0) is 21.0 Å². The summed E-state index contributed by atoms with van der Waals surface area (Å²) < 4.78 is 15.9. The molecule has 4 aromatic rings. The van der Waals surface area contributed by atoms with E-state index in [1.807, 2.05) is 36.4 Å². The Morgan fingerprint density at radius 1 is 1.06 bits per heavy atom. The van der Waals surface area contributed by atoms with Crippen LogP contribution in [0, 0.1) is 6.92 Å². The monoisotopic (exact) mass is 436 g/mol. The zero-order valence-electron chi connectivity index (χ0n) is 16.8. The average molecular weight is 436 g/mol. The second kappa shape index (κ2) is 9.53. The molecule has 0 radical (unpaired) electrons. The number of nitrogens with one attached hydrogen (secondary N) is 1. The number of nitrogens with zero attached hydrogens (tertiary/aromatic N) is 1. The van der Waals surface area contributed by atoms with Gasteiger partial charge in [-0.15, -0.1) is 0 Å². The minimum Gasteiger partial charge on any atom is -0.450 e. The summed E-state index contributed by atoms with van der Waals surface area (Å²) in [6.45, 7) is 1.25. The van der Waals surface area contributed by atoms with Crippen LogP contribution in [0.2, 0.25) is 0 Å². The number of aromatic nitrogens is 1. The Labute approximate surface area is 182 Å². The van der Waals surface area contributed by atoms with E-state index in [2.05, 4.69) is 22.6 Å². The van der Waals surface area contributed by atoms with Gasteiger partial charge in [0.25, 0.3) is 5.91 Å². The highest BCUT2D eigenvalue weighted by atomic mass is 32.2. The van der Waals surface area contributed by atoms with Crippen LogP contribution < -0.4 is 5.32 Å². The van der Waals surface area contributed by atoms with Gasteiger partial charge in [-0.1, -0.05) is 53.7 Å². The predicted octanol–water partition coefficient (Wildman–Crippen LogP) is 4.96. The normalized spacial score (nSPS) is 10.9. The number of rotatable bonds is 8. The summed E-state index contributed by atoms with van der Waals surface area (Å²) in [5, 5.41) is 7.04. The standard InChI is InChI=1S/C23H20N2O5S/c1-15-11-20(25-30-15)24-21(26)12-28-23(27)22-18(17-9-5-6-10-19(17)29-22)14-31-13-16-7-3-2-4-8-16/h2-11H,12-14H2,1H3,(H,24,25,26). The molecule has 0 spiro atoms. The lowest BCUT2D eigenvalue weighted by Gasteiger charge is -2.05. The van der Waals surface area contributed by atoms with Gasteiger partial charge in [0.15, 0.2) is 12.4 Å². The summed E-state index contributed by atoms with van der Waals surface area (Å²) in [7, 11) is 0. The number of carbonyl (C=O) groups excluding carboxylic acids is 2. The average Bonchev–Trinajstić information content (AvgIpc) is 3.36. The molecule has 0 saturated carbocycles. The van der Waals surface area contributed by atoms with E-state index in [0.29, 0.717) is 17.1 Å². The van der Waals surface area contributed by atoms with Crippen molar-refractivity contribution in [3.05, 3.63) is 83.3 Å². The number of hydrogen-bond acceptors (Lipinski definition) is 7. The maximum Gasteiger partial charge on any atom is 0.375 e. The Kier molecular flexibility index (Phi) is 6.37. The quantitative estimate of drug-likeness (QED) is 0.390. The summed E-state index contributed by atoms with van der Waals surface area (Å²) in [4.78, 5) is 24.7. The third-order valence-electron chi connectivity index (χ3n) is 4.47. The van der Waals surface area contributed by atoms with Crippen molar-refractivity contribution in [3.63, 3.8) is 0 Å². The lowest BCUT2D eigenvalue weighted by Crippen LogP contribution is -2.21. The van der Waals surface area contributed by atoms with Gasteiger partial charge in [0.1, 0.15) is 11.3 Å². The number of furan rings is 1. The van der Waals surface area contributed by atoms with Gasteiger partial charge in [-0.05, 0) is 18.6 Å². The second-order valence-electron chi connectivity index (χ2n) is 6.83. The number of thioether (sulfide) groups is 1. The van der Waals surface area contributed by atoms with Crippen LogP contribution >= 0.6 is 11.8 Å². The smallest absolute Gasteiger partial charge is 0.375 e. The maximum atomic E-state index is 12.7. The summed E-state index contributed by atoms with van der Waals surface area (Å²) in [5.41, 5.74) is 2.56. The number of esters is 1. The molecule has 0 unspecified atom stereocenters. The number of amides is 1. The van der Waals surface area contributed by atoms with E-state index in [1.165, 1.54) is 5.56 Å². The molecule has 0 bridgehead atoms. The summed E-state index contributed by atoms with van der Waals surface area (Å²) >= 11 is 1.67. The van der Waals surface area contributed by atoms with Gasteiger partial charge in [0, 0.05) is 28.5 Å². The molecular weight excluding hydrogens is 416 g/mol. The van der Waals surface area contributed by atoms with Gasteiger partial charge in [-0.2, -0.15) is 11.8 Å².